The van der Waals surface area contributed by atoms with Crippen LogP contribution >= 0.6 is 0 Å². The Labute approximate surface area is 128 Å². The molecule has 0 N–H and O–H groups in total. The van der Waals surface area contributed by atoms with Crippen LogP contribution in [0.25, 0.3) is 11.4 Å². The van der Waals surface area contributed by atoms with Gasteiger partial charge in [-0.1, -0.05) is 30.3 Å². The van der Waals surface area contributed by atoms with Crippen LogP contribution in [0, 0.1) is 0 Å². The van der Waals surface area contributed by atoms with Crippen molar-refractivity contribution >= 4 is 6.29 Å². The van der Waals surface area contributed by atoms with E-state index < -0.39 is 0 Å². The molecule has 3 rings (SSSR count). The monoisotopic (exact) mass is 293 g/mol. The Morgan fingerprint density at radius 2 is 1.82 bits per heavy atom. The molecular weight excluding hydrogens is 278 g/mol. The molecule has 0 amide bonds. The van der Waals surface area contributed by atoms with E-state index in [1.54, 1.807) is 28.9 Å². The summed E-state index contributed by atoms with van der Waals surface area (Å²) >= 11 is 0. The van der Waals surface area contributed by atoms with E-state index in [4.69, 9.17) is 4.74 Å². The molecular formula is C17H15N3O2. The van der Waals surface area contributed by atoms with E-state index in [1.165, 1.54) is 0 Å². The summed E-state index contributed by atoms with van der Waals surface area (Å²) in [5, 5.41) is 4.40. The lowest BCUT2D eigenvalue weighted by atomic mass is 10.2. The normalized spacial score (nSPS) is 10.4. The van der Waals surface area contributed by atoms with Crippen LogP contribution in [-0.4, -0.2) is 21.1 Å². The summed E-state index contributed by atoms with van der Waals surface area (Å²) in [6, 6.07) is 16.8. The number of nitrogens with zero attached hydrogens (tertiary/aromatic N) is 3. The average molecular weight is 293 g/mol. The second-order valence-electron chi connectivity index (χ2n) is 4.82. The molecule has 0 aliphatic carbocycles. The van der Waals surface area contributed by atoms with E-state index in [0.29, 0.717) is 23.7 Å². The van der Waals surface area contributed by atoms with E-state index in [1.807, 2.05) is 37.4 Å². The van der Waals surface area contributed by atoms with E-state index in [9.17, 15) is 4.79 Å². The van der Waals surface area contributed by atoms with Crippen molar-refractivity contribution in [1.82, 2.24) is 14.8 Å². The Hall–Kier alpha value is -2.95. The Kier molecular flexibility index (Phi) is 3.96. The third-order valence-electron chi connectivity index (χ3n) is 3.27. The van der Waals surface area contributed by atoms with Crippen molar-refractivity contribution in [2.45, 2.75) is 6.61 Å². The van der Waals surface area contributed by atoms with Crippen LogP contribution in [0.2, 0.25) is 0 Å². The summed E-state index contributed by atoms with van der Waals surface area (Å²) in [6.07, 6.45) is 0.804. The molecule has 5 heteroatoms. The summed E-state index contributed by atoms with van der Waals surface area (Å²) in [5.41, 5.74) is 1.59. The molecule has 1 aromatic heterocycles. The number of hydrogen-bond acceptors (Lipinski definition) is 4. The predicted molar refractivity (Wildman–Crippen MR) is 82.6 cm³/mol. The van der Waals surface area contributed by atoms with Gasteiger partial charge in [0.05, 0.1) is 0 Å². The van der Waals surface area contributed by atoms with Gasteiger partial charge in [0.1, 0.15) is 18.6 Å². The Morgan fingerprint density at radius 1 is 1.09 bits per heavy atom. The van der Waals surface area contributed by atoms with Crippen LogP contribution in [0.15, 0.2) is 54.6 Å². The number of carbonyl (C=O) groups is 1. The van der Waals surface area contributed by atoms with Gasteiger partial charge in [-0.05, 0) is 24.3 Å². The first-order chi connectivity index (χ1) is 10.8. The van der Waals surface area contributed by atoms with Gasteiger partial charge >= 0.3 is 0 Å². The lowest BCUT2D eigenvalue weighted by molar-refractivity contribution is 0.112. The number of rotatable bonds is 5. The molecule has 110 valence electrons. The van der Waals surface area contributed by atoms with Crippen molar-refractivity contribution in [3.05, 3.63) is 66.0 Å². The number of aldehydes is 1. The molecule has 0 bridgehead atoms. The second-order valence-corrected chi connectivity index (χ2v) is 4.82. The van der Waals surface area contributed by atoms with Gasteiger partial charge in [0.15, 0.2) is 11.6 Å². The van der Waals surface area contributed by atoms with Crippen LogP contribution in [0.3, 0.4) is 0 Å². The van der Waals surface area contributed by atoms with Crippen LogP contribution in [0.5, 0.6) is 5.75 Å². The number of carbonyl (C=O) groups excluding carboxylic acids is 1. The smallest absolute Gasteiger partial charge is 0.181 e. The van der Waals surface area contributed by atoms with Gasteiger partial charge < -0.3 is 4.74 Å². The molecule has 0 spiro atoms. The highest BCUT2D eigenvalue weighted by Gasteiger charge is 2.09. The minimum atomic E-state index is 0.316. The van der Waals surface area contributed by atoms with Crippen LogP contribution < -0.4 is 4.74 Å². The molecule has 5 nitrogen and oxygen atoms in total. The highest BCUT2D eigenvalue weighted by atomic mass is 16.5. The number of ether oxygens (including phenoxy) is 1. The van der Waals surface area contributed by atoms with E-state index in [2.05, 4.69) is 10.1 Å². The highest BCUT2D eigenvalue weighted by molar-refractivity contribution is 5.74. The maximum atomic E-state index is 10.6. The summed E-state index contributed by atoms with van der Waals surface area (Å²) in [4.78, 5) is 15.1. The standard InChI is InChI=1S/C17H15N3O2/c1-20-16(12-22-15-9-7-13(11-21)8-10-15)18-17(19-20)14-5-3-2-4-6-14/h2-11H,12H2,1H3. The molecule has 0 unspecified atom stereocenters. The lowest BCUT2D eigenvalue weighted by Crippen LogP contribution is -2.04. The SMILES string of the molecule is Cn1nc(-c2ccccc2)nc1COc1ccc(C=O)cc1. The van der Waals surface area contributed by atoms with Crippen LogP contribution in [0.4, 0.5) is 0 Å². The largest absolute Gasteiger partial charge is 0.486 e. The quantitative estimate of drug-likeness (QED) is 0.679. The molecule has 0 saturated heterocycles. The third-order valence-corrected chi connectivity index (χ3v) is 3.27. The zero-order chi connectivity index (χ0) is 15.4. The van der Waals surface area contributed by atoms with Gasteiger partial charge in [0, 0.05) is 18.2 Å². The van der Waals surface area contributed by atoms with Gasteiger partial charge in [-0.2, -0.15) is 5.10 Å². The molecule has 3 aromatic rings. The van der Waals surface area contributed by atoms with Crippen molar-refractivity contribution in [3.8, 4) is 17.1 Å². The van der Waals surface area contributed by atoms with Crippen molar-refractivity contribution < 1.29 is 9.53 Å². The number of hydrogen-bond donors (Lipinski definition) is 0. The third kappa shape index (κ3) is 3.03. The summed E-state index contributed by atoms with van der Waals surface area (Å²) < 4.78 is 7.39. The number of aryl methyl sites for hydroxylation is 1. The minimum absolute atomic E-state index is 0.316. The van der Waals surface area contributed by atoms with Crippen molar-refractivity contribution in [1.29, 1.82) is 0 Å². The van der Waals surface area contributed by atoms with Crippen LogP contribution in [-0.2, 0) is 13.7 Å². The van der Waals surface area contributed by atoms with Gasteiger partial charge in [-0.25, -0.2) is 9.67 Å². The summed E-state index contributed by atoms with van der Waals surface area (Å²) in [6.45, 7) is 0.316. The summed E-state index contributed by atoms with van der Waals surface area (Å²) in [5.74, 6) is 2.10. The van der Waals surface area contributed by atoms with Crippen molar-refractivity contribution in [2.24, 2.45) is 7.05 Å². The first kappa shape index (κ1) is 14.0. The number of benzene rings is 2. The Balaban J connectivity index is 1.72. The van der Waals surface area contributed by atoms with Gasteiger partial charge in [-0.3, -0.25) is 4.79 Å². The molecule has 0 aliphatic rings. The van der Waals surface area contributed by atoms with Gasteiger partial charge in [-0.15, -0.1) is 0 Å². The zero-order valence-corrected chi connectivity index (χ0v) is 12.1. The van der Waals surface area contributed by atoms with Crippen molar-refractivity contribution in [2.75, 3.05) is 0 Å². The van der Waals surface area contributed by atoms with Crippen LogP contribution in [0.1, 0.15) is 16.2 Å². The van der Waals surface area contributed by atoms with Gasteiger partial charge in [0.2, 0.25) is 0 Å². The molecule has 2 aromatic carbocycles. The maximum absolute atomic E-state index is 10.6. The topological polar surface area (TPSA) is 57.0 Å². The summed E-state index contributed by atoms with van der Waals surface area (Å²) in [7, 11) is 1.84. The van der Waals surface area contributed by atoms with E-state index >= 15 is 0 Å². The molecule has 1 heterocycles. The van der Waals surface area contributed by atoms with Crippen molar-refractivity contribution in [3.63, 3.8) is 0 Å². The lowest BCUT2D eigenvalue weighted by Gasteiger charge is -2.05. The second kappa shape index (κ2) is 6.22. The molecule has 0 aliphatic heterocycles. The highest BCUT2D eigenvalue weighted by Crippen LogP contribution is 2.16. The Morgan fingerprint density at radius 3 is 2.50 bits per heavy atom. The molecule has 0 fully saturated rings. The van der Waals surface area contributed by atoms with E-state index in [0.717, 1.165) is 17.7 Å². The molecule has 0 saturated carbocycles. The fourth-order valence-electron chi connectivity index (χ4n) is 2.04. The first-order valence-corrected chi connectivity index (χ1v) is 6.89. The molecule has 22 heavy (non-hydrogen) atoms. The first-order valence-electron chi connectivity index (χ1n) is 6.89. The number of aromatic nitrogens is 3. The fraction of sp³-hybridized carbons (Fsp3) is 0.118. The average Bonchev–Trinajstić information content (AvgIpc) is 2.95. The fourth-order valence-corrected chi connectivity index (χ4v) is 2.04. The van der Waals surface area contributed by atoms with Gasteiger partial charge in [0.25, 0.3) is 0 Å². The Bertz CT molecular complexity index is 764. The zero-order valence-electron chi connectivity index (χ0n) is 12.1. The predicted octanol–water partition coefficient (Wildman–Crippen LogP) is 2.87. The maximum Gasteiger partial charge on any atom is 0.181 e. The van der Waals surface area contributed by atoms with E-state index in [-0.39, 0.29) is 0 Å². The molecule has 0 atom stereocenters. The minimum Gasteiger partial charge on any atom is -0.486 e. The molecule has 0 radical (unpaired) electrons.